The Morgan fingerprint density at radius 3 is 2.20 bits per heavy atom. The molecule has 15 aromatic rings. The third kappa shape index (κ3) is 15.9. The van der Waals surface area contributed by atoms with Crippen molar-refractivity contribution >= 4 is 67.2 Å². The minimum Gasteiger partial charge on any atom is -0.494 e. The van der Waals surface area contributed by atoms with Gasteiger partial charge in [-0.25, -0.2) is 33.5 Å². The van der Waals surface area contributed by atoms with Crippen LogP contribution < -0.4 is 14.4 Å². The standard InChI is InChI=1S/C33H32F3N5O3.C25H22N6O.C21H14N6O2S/c1-2-15-43-30-21-37-31-28(39-44-32(31)27(30)11-10-24-20-38-41-14-4-3-9-29(24)41)8-7-16-42-26-18-23(22-40-12-5-6-13-40)17-25(19-26)33(34,35)36;1-30(2)20-10-7-18(8-11-20)5-3-6-22-21-13-15-26-23(24(21)32-29-22)12-9-19-17-28-31-16-4-14-27-25(19)31;1-12-2-6-16-18(15(12)7-5-14-10-23-27-11-22-9-8-17(14)27)28-26-20(16)30-21-24-19(25-29-21)13-3-4-13/h3-4,9,14,17-21H,2,5-8,12-13,15-16,22H2,1H3;4,7-8,10-11,13-17H,3,5-6H2,1-2H3;2,6,8-11,13H,3-4H2,1H3. The van der Waals surface area contributed by atoms with E-state index in [1.807, 2.05) is 88.9 Å². The van der Waals surface area contributed by atoms with Gasteiger partial charge in [-0.15, -0.1) is 0 Å². The summed E-state index contributed by atoms with van der Waals surface area (Å²) in [7, 11) is 4.10. The number of nitrogens with zero attached hydrogens (tertiary/aromatic N) is 17. The molecule has 12 aromatic heterocycles. The molecule has 23 nitrogen and oxygen atoms in total. The second kappa shape index (κ2) is 31.3. The number of aryl methyl sites for hydroxylation is 4. The highest BCUT2D eigenvalue weighted by atomic mass is 32.2. The number of alkyl halides is 3. The van der Waals surface area contributed by atoms with Crippen molar-refractivity contribution in [1.82, 2.24) is 79.3 Å². The lowest BCUT2D eigenvalue weighted by Crippen LogP contribution is -2.19. The zero-order chi connectivity index (χ0) is 72.5. The lowest BCUT2D eigenvalue weighted by atomic mass is 10.0. The molecule has 0 atom stereocenters. The molecular weight excluding hydrogens is 1370 g/mol. The third-order valence-electron chi connectivity index (χ3n) is 17.9. The maximum atomic E-state index is 13.6. The topological polar surface area (TPSA) is 245 Å². The average Bonchev–Trinajstić information content (AvgIpc) is 1.61. The molecular formula is C79H68F3N17O6S. The lowest BCUT2D eigenvalue weighted by molar-refractivity contribution is -0.137. The highest BCUT2D eigenvalue weighted by molar-refractivity contribution is 7.99. The first-order valence-electron chi connectivity index (χ1n) is 34.7. The number of rotatable bonds is 18. The van der Waals surface area contributed by atoms with E-state index in [0.717, 1.165) is 132 Å². The largest absolute Gasteiger partial charge is 0.494 e. The molecule has 13 heterocycles. The van der Waals surface area contributed by atoms with Crippen molar-refractivity contribution in [2.45, 2.75) is 107 Å². The van der Waals surface area contributed by atoms with Crippen LogP contribution in [0.25, 0.3) is 49.7 Å². The molecule has 1 saturated heterocycles. The monoisotopic (exact) mass is 1440 g/mol. The molecule has 0 bridgehead atoms. The Bertz CT molecular complexity index is 5850. The summed E-state index contributed by atoms with van der Waals surface area (Å²) in [5, 5.41) is 32.7. The molecule has 3 aromatic carbocycles. The molecule has 27 heteroatoms. The molecule has 106 heavy (non-hydrogen) atoms. The number of likely N-dealkylation sites (tertiary alicyclic amines) is 1. The summed E-state index contributed by atoms with van der Waals surface area (Å²) in [5.41, 5.74) is 13.9. The summed E-state index contributed by atoms with van der Waals surface area (Å²) in [6, 6.07) is 28.1. The van der Waals surface area contributed by atoms with E-state index < -0.39 is 11.7 Å². The van der Waals surface area contributed by atoms with Gasteiger partial charge >= 0.3 is 6.18 Å². The molecule has 1 aliphatic carbocycles. The zero-order valence-corrected chi connectivity index (χ0v) is 59.0. The fourth-order valence-electron chi connectivity index (χ4n) is 12.2. The van der Waals surface area contributed by atoms with Gasteiger partial charge in [0.1, 0.15) is 28.9 Å². The fourth-order valence-corrected chi connectivity index (χ4v) is 12.9. The number of hydrogen-bond donors (Lipinski definition) is 0. The van der Waals surface area contributed by atoms with Gasteiger partial charge in [0.25, 0.3) is 5.22 Å². The summed E-state index contributed by atoms with van der Waals surface area (Å²) >= 11 is 1.31. The van der Waals surface area contributed by atoms with E-state index in [-0.39, 0.29) is 12.4 Å². The van der Waals surface area contributed by atoms with Crippen molar-refractivity contribution in [2.75, 3.05) is 45.3 Å². The number of aromatic nitrogens is 15. The molecule has 1 aliphatic heterocycles. The van der Waals surface area contributed by atoms with Gasteiger partial charge in [-0.2, -0.15) is 33.5 Å². The highest BCUT2D eigenvalue weighted by Gasteiger charge is 2.32. The van der Waals surface area contributed by atoms with E-state index in [0.29, 0.717) is 98.3 Å². The van der Waals surface area contributed by atoms with Gasteiger partial charge in [0, 0.05) is 68.6 Å². The third-order valence-corrected chi connectivity index (χ3v) is 18.7. The first-order chi connectivity index (χ1) is 51.8. The van der Waals surface area contributed by atoms with Crippen LogP contribution >= 0.6 is 11.8 Å². The van der Waals surface area contributed by atoms with E-state index in [9.17, 15) is 13.2 Å². The second-order valence-electron chi connectivity index (χ2n) is 25.7. The lowest BCUT2D eigenvalue weighted by Gasteiger charge is -2.17. The van der Waals surface area contributed by atoms with Crippen molar-refractivity contribution in [3.63, 3.8) is 0 Å². The summed E-state index contributed by atoms with van der Waals surface area (Å²) < 4.78 is 80.0. The Balaban J connectivity index is 0.000000130. The SMILES string of the molecule is CCCOc1cnc2c(CCCOc3cc(CN4CCCC4)cc(C(F)(F)F)c3)noc2c1C#Cc1cnn2ccccc12.CN(C)c1ccc(CCCc2noc3c(C#Cc4cnn5cccnc45)nccc23)cc1.Cc1ccc2c(Sc3nc(C4CC4)no3)noc2c1C#Cc1cnn2cnccc12. The summed E-state index contributed by atoms with van der Waals surface area (Å²) in [6.07, 6.45) is 21.8. The number of hydrogen-bond acceptors (Lipinski definition) is 21. The Morgan fingerprint density at radius 1 is 0.623 bits per heavy atom. The van der Waals surface area contributed by atoms with Crippen LogP contribution in [0.2, 0.25) is 0 Å². The predicted molar refractivity (Wildman–Crippen MR) is 390 cm³/mol. The minimum atomic E-state index is -4.45. The van der Waals surface area contributed by atoms with Crippen LogP contribution in [0.4, 0.5) is 18.9 Å². The van der Waals surface area contributed by atoms with E-state index in [1.165, 1.54) is 29.1 Å². The van der Waals surface area contributed by atoms with Crippen LogP contribution in [0.1, 0.15) is 131 Å². The van der Waals surface area contributed by atoms with Gasteiger partial charge in [0.2, 0.25) is 11.2 Å². The second-order valence-corrected chi connectivity index (χ2v) is 26.6. The van der Waals surface area contributed by atoms with Crippen LogP contribution in [0, 0.1) is 42.4 Å². The molecule has 0 unspecified atom stereocenters. The van der Waals surface area contributed by atoms with Crippen LogP contribution in [-0.2, 0) is 32.0 Å². The summed E-state index contributed by atoms with van der Waals surface area (Å²) in [4.78, 5) is 26.1. The van der Waals surface area contributed by atoms with Gasteiger partial charge in [0.15, 0.2) is 33.5 Å². The van der Waals surface area contributed by atoms with Crippen LogP contribution in [-0.4, -0.2) is 120 Å². The number of fused-ring (bicyclic) bond motifs is 6. The number of ether oxygens (including phenoxy) is 2. The van der Waals surface area contributed by atoms with Crippen LogP contribution in [0.3, 0.4) is 0 Å². The first kappa shape index (κ1) is 69.3. The number of benzene rings is 3. The maximum Gasteiger partial charge on any atom is 0.416 e. The number of anilines is 1. The molecule has 532 valence electrons. The van der Waals surface area contributed by atoms with Gasteiger partial charge in [0.05, 0.1) is 87.9 Å². The normalized spacial score (nSPS) is 12.9. The van der Waals surface area contributed by atoms with E-state index in [1.54, 1.807) is 69.3 Å². The van der Waals surface area contributed by atoms with E-state index in [2.05, 4.69) is 130 Å². The Hall–Kier alpha value is -12.4. The van der Waals surface area contributed by atoms with Crippen molar-refractivity contribution in [3.8, 4) is 47.0 Å². The fraction of sp³-hybridized carbons (Fsp3) is 0.266. The number of pyridine rings is 3. The van der Waals surface area contributed by atoms with Crippen molar-refractivity contribution in [2.24, 2.45) is 0 Å². The summed E-state index contributed by atoms with van der Waals surface area (Å²) in [6.45, 7) is 6.98. The van der Waals surface area contributed by atoms with Crippen LogP contribution in [0.5, 0.6) is 11.5 Å². The van der Waals surface area contributed by atoms with Gasteiger partial charge < -0.3 is 32.5 Å². The zero-order valence-electron chi connectivity index (χ0n) is 58.2. The molecule has 17 rings (SSSR count). The molecule has 0 amide bonds. The van der Waals surface area contributed by atoms with Gasteiger partial charge in [-0.1, -0.05) is 81.4 Å². The van der Waals surface area contributed by atoms with Crippen molar-refractivity contribution in [1.29, 1.82) is 0 Å². The predicted octanol–water partition coefficient (Wildman–Crippen LogP) is 14.6. The average molecular weight is 1440 g/mol. The smallest absolute Gasteiger partial charge is 0.416 e. The molecule has 0 radical (unpaired) electrons. The minimum absolute atomic E-state index is 0.206. The molecule has 0 spiro atoms. The Kier molecular flexibility index (Phi) is 20.5. The van der Waals surface area contributed by atoms with Crippen LogP contribution in [0.15, 0.2) is 181 Å². The number of halogens is 3. The molecule has 1 saturated carbocycles. The first-order valence-corrected chi connectivity index (χ1v) is 35.6. The van der Waals surface area contributed by atoms with Gasteiger partial charge in [-0.05, 0) is 185 Å². The quantitative estimate of drug-likeness (QED) is 0.0572. The van der Waals surface area contributed by atoms with Gasteiger partial charge in [-0.3, -0.25) is 4.90 Å². The molecule has 0 N–H and O–H groups in total. The maximum absolute atomic E-state index is 13.6. The van der Waals surface area contributed by atoms with E-state index >= 15 is 0 Å². The molecule has 2 fully saturated rings. The van der Waals surface area contributed by atoms with Crippen molar-refractivity contribution < 1.29 is 40.7 Å². The Labute approximate surface area is 609 Å². The highest BCUT2D eigenvalue weighted by Crippen LogP contribution is 2.41. The van der Waals surface area contributed by atoms with E-state index in [4.69, 9.17) is 27.6 Å². The summed E-state index contributed by atoms with van der Waals surface area (Å²) in [5.74, 6) is 21.0. The Morgan fingerprint density at radius 2 is 1.38 bits per heavy atom. The molecule has 2 aliphatic rings. The van der Waals surface area contributed by atoms with Crippen molar-refractivity contribution in [3.05, 3.63) is 226 Å².